The van der Waals surface area contributed by atoms with Crippen LogP contribution in [-0.2, 0) is 22.3 Å². The van der Waals surface area contributed by atoms with E-state index >= 15 is 0 Å². The molecule has 10 heteroatoms. The van der Waals surface area contributed by atoms with Gasteiger partial charge in [-0.25, -0.2) is 9.59 Å². The lowest BCUT2D eigenvalue weighted by Gasteiger charge is -2.10. The summed E-state index contributed by atoms with van der Waals surface area (Å²) in [5.74, 6) is -1.09. The molecule has 0 saturated heterocycles. The third-order valence-corrected chi connectivity index (χ3v) is 11.8. The molecule has 2 heterocycles. The number of benzene rings is 3. The normalized spacial score (nSPS) is 10.8. The third-order valence-electron chi connectivity index (χ3n) is 6.02. The number of esters is 2. The van der Waals surface area contributed by atoms with Gasteiger partial charge in [0.1, 0.15) is 7.65 Å². The van der Waals surface area contributed by atoms with Crippen molar-refractivity contribution in [3.8, 4) is 20.9 Å². The Morgan fingerprint density at radius 1 is 0.575 bits per heavy atom. The molecule has 0 N–H and O–H groups in total. The third kappa shape index (κ3) is 7.45. The van der Waals surface area contributed by atoms with Gasteiger partial charge >= 0.3 is 11.9 Å². The minimum absolute atomic E-state index is 0.198. The van der Waals surface area contributed by atoms with Crippen LogP contribution in [0.4, 0.5) is 0 Å². The fourth-order valence-electron chi connectivity index (χ4n) is 3.93. The molecule has 5 rings (SSSR count). The van der Waals surface area contributed by atoms with Gasteiger partial charge in [0.05, 0.1) is 24.3 Å². The number of hydrogen-bond acceptors (Lipinski definition) is 10. The molecule has 0 radical (unpaired) electrons. The van der Waals surface area contributed by atoms with Crippen molar-refractivity contribution >= 4 is 77.7 Å². The molecule has 0 bridgehead atoms. The largest absolute Gasteiger partial charge is 0.462 e. The van der Waals surface area contributed by atoms with Crippen LogP contribution >= 0.6 is 65.8 Å². The van der Waals surface area contributed by atoms with E-state index in [1.54, 1.807) is 65.6 Å². The first-order valence-electron chi connectivity index (χ1n) is 12.3. The van der Waals surface area contributed by atoms with E-state index in [0.717, 1.165) is 39.7 Å². The predicted octanol–water partition coefficient (Wildman–Crippen LogP) is 9.52. The number of rotatable bonds is 10. The molecule has 2 aromatic heterocycles. The summed E-state index contributed by atoms with van der Waals surface area (Å²) in [6.07, 6.45) is 1.14. The summed E-state index contributed by atoms with van der Waals surface area (Å²) in [4.78, 5) is 27.9. The molecule has 3 aromatic carbocycles. The summed E-state index contributed by atoms with van der Waals surface area (Å²) in [7, 11) is 6.50. The Bertz CT molecular complexity index is 1600. The fourth-order valence-corrected chi connectivity index (χ4v) is 8.74. The zero-order valence-corrected chi connectivity index (χ0v) is 25.9. The quantitative estimate of drug-likeness (QED) is 0.0863. The van der Waals surface area contributed by atoms with Crippen LogP contribution in [0.5, 0.6) is 0 Å². The van der Waals surface area contributed by atoms with Crippen LogP contribution in [0.1, 0.15) is 31.8 Å². The Labute approximate surface area is 256 Å². The molecule has 0 aliphatic carbocycles. The molecule has 0 unspecified atom stereocenters. The first kappa shape index (κ1) is 28.7. The highest BCUT2D eigenvalue weighted by Gasteiger charge is 2.19. The van der Waals surface area contributed by atoms with Crippen LogP contribution < -0.4 is 0 Å². The Morgan fingerprint density at radius 3 is 1.32 bits per heavy atom. The van der Waals surface area contributed by atoms with E-state index in [0.29, 0.717) is 12.8 Å². The van der Waals surface area contributed by atoms with Crippen molar-refractivity contribution in [2.24, 2.45) is 0 Å². The summed E-state index contributed by atoms with van der Waals surface area (Å²) in [6.45, 7) is 0.406. The lowest BCUT2D eigenvalue weighted by Crippen LogP contribution is -2.16. The van der Waals surface area contributed by atoms with Crippen molar-refractivity contribution in [1.29, 1.82) is 0 Å². The molecule has 40 heavy (non-hydrogen) atoms. The topological polar surface area (TPSA) is 52.6 Å². The van der Waals surface area contributed by atoms with Gasteiger partial charge in [-0.3, -0.25) is 0 Å². The van der Waals surface area contributed by atoms with Crippen molar-refractivity contribution in [2.75, 3.05) is 13.2 Å². The summed E-state index contributed by atoms with van der Waals surface area (Å²) < 4.78 is 12.8. The summed E-state index contributed by atoms with van der Waals surface area (Å²) in [6, 6.07) is 26.9. The van der Waals surface area contributed by atoms with E-state index in [4.69, 9.17) is 33.9 Å². The van der Waals surface area contributed by atoms with Gasteiger partial charge in [0.15, 0.2) is 0 Å². The number of hydrogen-bond donors (Lipinski definition) is 0. The van der Waals surface area contributed by atoms with Crippen LogP contribution in [0, 0.1) is 7.65 Å². The highest BCUT2D eigenvalue weighted by Crippen LogP contribution is 2.30. The first-order chi connectivity index (χ1) is 19.5. The van der Waals surface area contributed by atoms with Gasteiger partial charge in [-0.1, -0.05) is 126 Å². The highest BCUT2D eigenvalue weighted by atomic mass is 32.9. The van der Waals surface area contributed by atoms with Crippen molar-refractivity contribution in [2.45, 2.75) is 12.8 Å². The van der Waals surface area contributed by atoms with Gasteiger partial charge in [0.2, 0.25) is 0 Å². The first-order valence-corrected chi connectivity index (χ1v) is 17.4. The maximum Gasteiger partial charge on any atom is 0.339 e. The molecule has 0 aliphatic heterocycles. The average molecular weight is 639 g/mol. The zero-order valence-electron chi connectivity index (χ0n) is 21.0. The smallest absolute Gasteiger partial charge is 0.339 e. The molecule has 0 saturated carbocycles. The molecule has 0 aliphatic rings. The monoisotopic (exact) mass is 638 g/mol. The lowest BCUT2D eigenvalue weighted by molar-refractivity contribution is 0.0462. The lowest BCUT2D eigenvalue weighted by atomic mass is 10.1. The summed E-state index contributed by atoms with van der Waals surface area (Å²) in [5, 5.41) is 0. The maximum absolute atomic E-state index is 12.8. The Kier molecular flexibility index (Phi) is 9.79. The van der Waals surface area contributed by atoms with E-state index in [1.807, 2.05) is 60.7 Å². The van der Waals surface area contributed by atoms with Gasteiger partial charge in [-0.15, -0.1) is 0 Å². The van der Waals surface area contributed by atoms with Gasteiger partial charge < -0.3 is 9.47 Å². The minimum atomic E-state index is -0.547. The Hall–Kier alpha value is -2.86. The molecule has 0 atom stereocenters. The molecular weight excluding hydrogens is 617 g/mol. The minimum Gasteiger partial charge on any atom is -0.462 e. The van der Waals surface area contributed by atoms with Crippen molar-refractivity contribution in [1.82, 2.24) is 0 Å². The van der Waals surface area contributed by atoms with Gasteiger partial charge in [-0.2, -0.15) is 0 Å². The molecule has 0 fully saturated rings. The van der Waals surface area contributed by atoms with E-state index in [9.17, 15) is 9.59 Å². The molecule has 5 aromatic rings. The van der Waals surface area contributed by atoms with Crippen LogP contribution in [0.3, 0.4) is 0 Å². The van der Waals surface area contributed by atoms with Crippen molar-refractivity contribution in [3.63, 3.8) is 0 Å². The van der Waals surface area contributed by atoms with E-state index in [-0.39, 0.29) is 24.3 Å². The van der Waals surface area contributed by atoms with E-state index in [2.05, 4.69) is 0 Å². The second-order valence-corrected chi connectivity index (χ2v) is 14.5. The molecular formula is C30H22O4S6. The molecule has 0 amide bonds. The van der Waals surface area contributed by atoms with Crippen LogP contribution in [-0.4, -0.2) is 25.2 Å². The van der Waals surface area contributed by atoms with Crippen molar-refractivity contribution in [3.05, 3.63) is 115 Å². The van der Waals surface area contributed by atoms with E-state index in [1.165, 1.54) is 0 Å². The average Bonchev–Trinajstić information content (AvgIpc) is 3.62. The fraction of sp³-hybridized carbons (Fsp3) is 0.133. The Morgan fingerprint density at radius 2 is 0.975 bits per heavy atom. The van der Waals surface area contributed by atoms with Crippen LogP contribution in [0.25, 0.3) is 20.9 Å². The molecule has 4 nitrogen and oxygen atoms in total. The molecule has 202 valence electrons. The van der Waals surface area contributed by atoms with Gasteiger partial charge in [0.25, 0.3) is 0 Å². The van der Waals surface area contributed by atoms with Crippen molar-refractivity contribution < 1.29 is 19.1 Å². The number of carbonyl (C=O) groups excluding carboxylic acids is 2. The second-order valence-electron chi connectivity index (χ2n) is 8.70. The second kappa shape index (κ2) is 13.7. The summed E-state index contributed by atoms with van der Waals surface area (Å²) >= 11 is 10.4. The Balaban J connectivity index is 1.12. The van der Waals surface area contributed by atoms with Crippen LogP contribution in [0.2, 0.25) is 0 Å². The standard InChI is InChI=1S/C30H22O4S6/c31-29(33-15-13-19-5-9-21(10-6-19)25-17-27(35)39-37-25)23-3-1-2-4-24(23)30(32)34-16-14-20-7-11-22(12-8-20)26-18-28(36)40-38-26/h1-12,17-18H,13-16H2. The van der Waals surface area contributed by atoms with Gasteiger partial charge in [0, 0.05) is 22.6 Å². The van der Waals surface area contributed by atoms with Gasteiger partial charge in [-0.05, 0) is 46.5 Å². The number of carbonyl (C=O) groups is 2. The highest BCUT2D eigenvalue weighted by molar-refractivity contribution is 7.80. The van der Waals surface area contributed by atoms with Crippen LogP contribution in [0.15, 0.2) is 84.9 Å². The zero-order chi connectivity index (χ0) is 27.9. The summed E-state index contributed by atoms with van der Waals surface area (Å²) in [5.41, 5.74) is 4.74. The maximum atomic E-state index is 12.8. The predicted molar refractivity (Wildman–Crippen MR) is 171 cm³/mol. The number of ether oxygens (including phenoxy) is 2. The SMILES string of the molecule is O=C(OCCc1ccc(-c2cc(=S)ss2)cc1)c1ccccc1C(=O)OCCc1ccc(-c2cc(=S)ss2)cc1. The van der Waals surface area contributed by atoms with E-state index < -0.39 is 11.9 Å². The molecule has 0 spiro atoms.